The number of hydrogen-bond acceptors (Lipinski definition) is 3. The van der Waals surface area contributed by atoms with Crippen LogP contribution >= 0.6 is 0 Å². The number of aromatic nitrogens is 2. The van der Waals surface area contributed by atoms with Gasteiger partial charge < -0.3 is 9.72 Å². The van der Waals surface area contributed by atoms with Crippen molar-refractivity contribution in [2.45, 2.75) is 20.4 Å². The van der Waals surface area contributed by atoms with Crippen LogP contribution in [0.1, 0.15) is 16.8 Å². The molecule has 1 N–H and O–H groups in total. The van der Waals surface area contributed by atoms with E-state index in [0.29, 0.717) is 0 Å². The molecule has 0 saturated carbocycles. The summed E-state index contributed by atoms with van der Waals surface area (Å²) < 4.78 is 2.27. The predicted molar refractivity (Wildman–Crippen MR) is 98.2 cm³/mol. The van der Waals surface area contributed by atoms with Crippen LogP contribution in [-0.4, -0.2) is 40.5 Å². The summed E-state index contributed by atoms with van der Waals surface area (Å²) in [5, 5.41) is 3.43. The molecule has 3 aromatic rings. The number of fused-ring (bicyclic) bond motifs is 1. The maximum absolute atomic E-state index is 4.94. The molecule has 1 saturated heterocycles. The van der Waals surface area contributed by atoms with Crippen LogP contribution in [0.15, 0.2) is 42.6 Å². The zero-order valence-corrected chi connectivity index (χ0v) is 14.4. The van der Waals surface area contributed by atoms with E-state index in [1.54, 1.807) is 0 Å². The van der Waals surface area contributed by atoms with E-state index in [2.05, 4.69) is 71.1 Å². The molecule has 4 rings (SSSR count). The third-order valence-electron chi connectivity index (χ3n) is 4.77. The van der Waals surface area contributed by atoms with Crippen molar-refractivity contribution in [3.8, 4) is 11.3 Å². The van der Waals surface area contributed by atoms with Crippen molar-refractivity contribution in [2.24, 2.45) is 0 Å². The molecule has 0 bridgehead atoms. The van der Waals surface area contributed by atoms with Gasteiger partial charge >= 0.3 is 0 Å². The van der Waals surface area contributed by atoms with E-state index in [1.165, 1.54) is 22.4 Å². The number of pyridine rings is 1. The first kappa shape index (κ1) is 15.4. The number of hydrogen-bond donors (Lipinski definition) is 1. The van der Waals surface area contributed by atoms with Crippen LogP contribution < -0.4 is 5.32 Å². The molecule has 0 spiro atoms. The number of imidazole rings is 1. The van der Waals surface area contributed by atoms with Gasteiger partial charge in [0.05, 0.1) is 11.4 Å². The smallest absolute Gasteiger partial charge is 0.137 e. The van der Waals surface area contributed by atoms with Crippen LogP contribution in [0.25, 0.3) is 16.9 Å². The lowest BCUT2D eigenvalue weighted by atomic mass is 10.1. The van der Waals surface area contributed by atoms with Gasteiger partial charge in [-0.1, -0.05) is 35.9 Å². The fourth-order valence-electron chi connectivity index (χ4n) is 3.37. The van der Waals surface area contributed by atoms with Gasteiger partial charge in [-0.2, -0.15) is 0 Å². The summed E-state index contributed by atoms with van der Waals surface area (Å²) in [6.07, 6.45) is 2.21. The van der Waals surface area contributed by atoms with Gasteiger partial charge in [-0.3, -0.25) is 4.90 Å². The zero-order valence-electron chi connectivity index (χ0n) is 14.4. The third kappa shape index (κ3) is 2.95. The van der Waals surface area contributed by atoms with Crippen LogP contribution in [0.3, 0.4) is 0 Å². The molecule has 0 aliphatic carbocycles. The molecule has 0 atom stereocenters. The van der Waals surface area contributed by atoms with Crippen molar-refractivity contribution in [3.63, 3.8) is 0 Å². The summed E-state index contributed by atoms with van der Waals surface area (Å²) in [7, 11) is 0. The predicted octanol–water partition coefficient (Wildman–Crippen LogP) is 3.02. The molecular formula is C20H24N4. The number of piperazine rings is 1. The minimum absolute atomic E-state index is 0.940. The van der Waals surface area contributed by atoms with Crippen molar-refractivity contribution in [1.82, 2.24) is 19.6 Å². The van der Waals surface area contributed by atoms with Gasteiger partial charge in [-0.25, -0.2) is 4.98 Å². The van der Waals surface area contributed by atoms with Crippen LogP contribution in [0.4, 0.5) is 0 Å². The van der Waals surface area contributed by atoms with E-state index in [1.807, 2.05) is 0 Å². The molecule has 4 heteroatoms. The molecule has 24 heavy (non-hydrogen) atoms. The highest BCUT2D eigenvalue weighted by molar-refractivity contribution is 5.67. The molecule has 124 valence electrons. The summed E-state index contributed by atoms with van der Waals surface area (Å²) in [5.41, 5.74) is 7.17. The summed E-state index contributed by atoms with van der Waals surface area (Å²) >= 11 is 0. The summed E-state index contributed by atoms with van der Waals surface area (Å²) in [6, 6.07) is 13.0. The minimum Gasteiger partial charge on any atom is -0.314 e. The van der Waals surface area contributed by atoms with Gasteiger partial charge in [-0.05, 0) is 25.5 Å². The maximum atomic E-state index is 4.94. The molecule has 0 unspecified atom stereocenters. The van der Waals surface area contributed by atoms with Crippen LogP contribution in [0.5, 0.6) is 0 Å². The molecule has 0 radical (unpaired) electrons. The largest absolute Gasteiger partial charge is 0.314 e. The van der Waals surface area contributed by atoms with Gasteiger partial charge in [0, 0.05) is 44.5 Å². The standard InChI is InChI=1S/C20H24N4/c1-15-3-6-17(7-4-15)20-18(14-23-11-9-21-10-12-23)24-13-16(2)5-8-19(24)22-20/h3-8,13,21H,9-12,14H2,1-2H3. The highest BCUT2D eigenvalue weighted by Crippen LogP contribution is 2.26. The van der Waals surface area contributed by atoms with Crippen molar-refractivity contribution >= 4 is 5.65 Å². The average Bonchev–Trinajstić information content (AvgIpc) is 2.94. The Hall–Kier alpha value is -2.17. The molecule has 3 heterocycles. The monoisotopic (exact) mass is 320 g/mol. The molecule has 1 aliphatic rings. The third-order valence-corrected chi connectivity index (χ3v) is 4.77. The first-order valence-electron chi connectivity index (χ1n) is 8.68. The van der Waals surface area contributed by atoms with Gasteiger partial charge in [-0.15, -0.1) is 0 Å². The highest BCUT2D eigenvalue weighted by Gasteiger charge is 2.18. The number of nitrogens with zero attached hydrogens (tertiary/aromatic N) is 3. The Bertz CT molecular complexity index is 842. The van der Waals surface area contributed by atoms with E-state index in [9.17, 15) is 0 Å². The second-order valence-electron chi connectivity index (χ2n) is 6.73. The molecule has 4 nitrogen and oxygen atoms in total. The van der Waals surface area contributed by atoms with E-state index >= 15 is 0 Å². The normalized spacial score (nSPS) is 15.9. The number of rotatable bonds is 3. The summed E-state index contributed by atoms with van der Waals surface area (Å²) in [5.74, 6) is 0. The molecule has 1 fully saturated rings. The van der Waals surface area contributed by atoms with Crippen LogP contribution in [0.2, 0.25) is 0 Å². The Kier molecular flexibility index (Phi) is 4.08. The lowest BCUT2D eigenvalue weighted by Crippen LogP contribution is -2.43. The maximum Gasteiger partial charge on any atom is 0.137 e. The lowest BCUT2D eigenvalue weighted by molar-refractivity contribution is 0.230. The van der Waals surface area contributed by atoms with Crippen LogP contribution in [0, 0.1) is 13.8 Å². The fourth-order valence-corrected chi connectivity index (χ4v) is 3.37. The average molecular weight is 320 g/mol. The lowest BCUT2D eigenvalue weighted by Gasteiger charge is -2.27. The van der Waals surface area contributed by atoms with Gasteiger partial charge in [0.25, 0.3) is 0 Å². The van der Waals surface area contributed by atoms with E-state index in [0.717, 1.165) is 44.1 Å². The Labute approximate surface area is 143 Å². The van der Waals surface area contributed by atoms with Gasteiger partial charge in [0.1, 0.15) is 5.65 Å². The molecule has 1 aliphatic heterocycles. The number of aryl methyl sites for hydroxylation is 2. The fraction of sp³-hybridized carbons (Fsp3) is 0.350. The molecule has 2 aromatic heterocycles. The quantitative estimate of drug-likeness (QED) is 0.805. The first-order valence-corrected chi connectivity index (χ1v) is 8.68. The second kappa shape index (κ2) is 6.38. The van der Waals surface area contributed by atoms with E-state index in [-0.39, 0.29) is 0 Å². The Balaban J connectivity index is 1.81. The Morgan fingerprint density at radius 3 is 2.42 bits per heavy atom. The number of benzene rings is 1. The molecule has 0 amide bonds. The van der Waals surface area contributed by atoms with Crippen molar-refractivity contribution in [1.29, 1.82) is 0 Å². The topological polar surface area (TPSA) is 32.6 Å². The van der Waals surface area contributed by atoms with Gasteiger partial charge in [0.2, 0.25) is 0 Å². The summed E-state index contributed by atoms with van der Waals surface area (Å²) in [6.45, 7) is 9.51. The van der Waals surface area contributed by atoms with E-state index < -0.39 is 0 Å². The van der Waals surface area contributed by atoms with Crippen molar-refractivity contribution < 1.29 is 0 Å². The number of nitrogens with one attached hydrogen (secondary N) is 1. The van der Waals surface area contributed by atoms with E-state index in [4.69, 9.17) is 4.98 Å². The summed E-state index contributed by atoms with van der Waals surface area (Å²) in [4.78, 5) is 7.45. The SMILES string of the molecule is Cc1ccc(-c2nc3ccc(C)cn3c2CN2CCNCC2)cc1. The molecular weight excluding hydrogens is 296 g/mol. The zero-order chi connectivity index (χ0) is 16.5. The minimum atomic E-state index is 0.940. The van der Waals surface area contributed by atoms with Gasteiger partial charge in [0.15, 0.2) is 0 Å². The van der Waals surface area contributed by atoms with Crippen molar-refractivity contribution in [2.75, 3.05) is 26.2 Å². The Morgan fingerprint density at radius 1 is 0.958 bits per heavy atom. The Morgan fingerprint density at radius 2 is 1.67 bits per heavy atom. The van der Waals surface area contributed by atoms with Crippen molar-refractivity contribution in [3.05, 3.63) is 59.4 Å². The highest BCUT2D eigenvalue weighted by atomic mass is 15.2. The molecule has 1 aromatic carbocycles. The first-order chi connectivity index (χ1) is 11.7. The van der Waals surface area contributed by atoms with Crippen LogP contribution in [-0.2, 0) is 6.54 Å². The second-order valence-corrected chi connectivity index (χ2v) is 6.73.